The zero-order valence-corrected chi connectivity index (χ0v) is 16.4. The van der Waals surface area contributed by atoms with Crippen LogP contribution in [0.2, 0.25) is 0 Å². The number of hydrogen-bond acceptors (Lipinski definition) is 2. The fourth-order valence-corrected chi connectivity index (χ4v) is 4.26. The van der Waals surface area contributed by atoms with E-state index >= 15 is 0 Å². The second-order valence-corrected chi connectivity index (χ2v) is 7.37. The molecule has 3 aromatic carbocycles. The van der Waals surface area contributed by atoms with E-state index in [0.717, 1.165) is 9.79 Å². The molecule has 2 aromatic heterocycles. The lowest BCUT2D eigenvalue weighted by Crippen LogP contribution is -2.16. The first-order valence-electron chi connectivity index (χ1n) is 9.68. The number of halogens is 3. The van der Waals surface area contributed by atoms with E-state index in [1.54, 1.807) is 60.7 Å². The second kappa shape index (κ2) is 6.95. The lowest BCUT2D eigenvalue weighted by atomic mass is 9.95. The Kier molecular flexibility index (Phi) is 4.30. The van der Waals surface area contributed by atoms with Gasteiger partial charge in [0.2, 0.25) is 0 Å². The number of benzene rings is 3. The van der Waals surface area contributed by atoms with Gasteiger partial charge < -0.3 is 9.51 Å². The van der Waals surface area contributed by atoms with Gasteiger partial charge >= 0.3 is 12.1 Å². The van der Waals surface area contributed by atoms with Crippen molar-refractivity contribution in [3.63, 3.8) is 0 Å². The molecule has 5 aromatic rings. The molecule has 0 aliphatic carbocycles. The van der Waals surface area contributed by atoms with Gasteiger partial charge in [-0.15, -0.1) is 0 Å². The Morgan fingerprint density at radius 1 is 0.719 bits per heavy atom. The number of rotatable bonds is 3. The van der Waals surface area contributed by atoms with Gasteiger partial charge in [-0.3, -0.25) is 4.79 Å². The Balaban J connectivity index is 1.95. The summed E-state index contributed by atoms with van der Waals surface area (Å²) in [5, 5.41) is 11.6. The lowest BCUT2D eigenvalue weighted by molar-refractivity contribution is -0.142. The number of carbonyl (C=O) groups excluding carboxylic acids is 1. The van der Waals surface area contributed by atoms with Crippen molar-refractivity contribution in [2.75, 3.05) is 0 Å². The first-order chi connectivity index (χ1) is 15.3. The highest BCUT2D eigenvalue weighted by molar-refractivity contribution is 6.23. The van der Waals surface area contributed by atoms with Crippen molar-refractivity contribution in [2.45, 2.75) is 6.18 Å². The van der Waals surface area contributed by atoms with Crippen LogP contribution in [0.3, 0.4) is 0 Å². The number of hydrogen-bond donors (Lipinski definition) is 1. The number of nitrogens with zero attached hydrogens (tertiary/aromatic N) is 1. The molecule has 0 amide bonds. The summed E-state index contributed by atoms with van der Waals surface area (Å²) in [6.07, 6.45) is -5.00. The third-order valence-corrected chi connectivity index (χ3v) is 5.55. The molecule has 0 saturated heterocycles. The van der Waals surface area contributed by atoms with Crippen molar-refractivity contribution in [1.29, 1.82) is 0 Å². The number of alkyl halides is 3. The van der Waals surface area contributed by atoms with E-state index in [1.165, 1.54) is 18.2 Å². The van der Waals surface area contributed by atoms with Crippen molar-refractivity contribution in [3.8, 4) is 0 Å². The van der Waals surface area contributed by atoms with E-state index in [9.17, 15) is 27.9 Å². The minimum Gasteiger partial charge on any atom is -0.478 e. The van der Waals surface area contributed by atoms with Gasteiger partial charge in [0.05, 0.1) is 16.6 Å². The summed E-state index contributed by atoms with van der Waals surface area (Å²) >= 11 is 0. The smallest absolute Gasteiger partial charge is 0.432 e. The lowest BCUT2D eigenvalue weighted by Gasteiger charge is -2.11. The number of para-hydroxylation sites is 1. The van der Waals surface area contributed by atoms with Crippen molar-refractivity contribution in [1.82, 2.24) is 4.40 Å². The SMILES string of the molecule is O=C(O)c1c(C(=O)c2cccc3ccccc23)c2ccc3ccccc3n2c1C(F)(F)F. The third-order valence-electron chi connectivity index (χ3n) is 5.55. The predicted octanol–water partition coefficient (Wildman–Crippen LogP) is 6.19. The van der Waals surface area contributed by atoms with Crippen molar-refractivity contribution >= 4 is 38.9 Å². The van der Waals surface area contributed by atoms with Crippen LogP contribution in [0.4, 0.5) is 13.2 Å². The maximum atomic E-state index is 14.2. The molecular formula is C25H14F3NO3. The highest BCUT2D eigenvalue weighted by Gasteiger charge is 2.43. The Morgan fingerprint density at radius 2 is 1.38 bits per heavy atom. The number of carboxylic acid groups (broad SMARTS) is 1. The van der Waals surface area contributed by atoms with Gasteiger partial charge in [-0.05, 0) is 28.3 Å². The monoisotopic (exact) mass is 433 g/mol. The number of carboxylic acids is 1. The number of aromatic carboxylic acids is 1. The average molecular weight is 433 g/mol. The molecule has 0 fully saturated rings. The van der Waals surface area contributed by atoms with Crippen LogP contribution >= 0.6 is 0 Å². The van der Waals surface area contributed by atoms with Crippen molar-refractivity contribution in [2.24, 2.45) is 0 Å². The van der Waals surface area contributed by atoms with Crippen LogP contribution in [0.25, 0.3) is 27.2 Å². The maximum absolute atomic E-state index is 14.2. The molecule has 4 nitrogen and oxygen atoms in total. The van der Waals surface area contributed by atoms with E-state index in [0.29, 0.717) is 10.8 Å². The average Bonchev–Trinajstić information content (AvgIpc) is 3.15. The van der Waals surface area contributed by atoms with E-state index < -0.39 is 34.7 Å². The summed E-state index contributed by atoms with van der Waals surface area (Å²) in [5.74, 6) is -2.59. The van der Waals surface area contributed by atoms with Gasteiger partial charge in [-0.25, -0.2) is 4.79 Å². The van der Waals surface area contributed by atoms with Gasteiger partial charge in [0.15, 0.2) is 5.78 Å². The molecular weight excluding hydrogens is 419 g/mol. The molecule has 0 saturated carbocycles. The molecule has 0 unspecified atom stereocenters. The second-order valence-electron chi connectivity index (χ2n) is 7.37. The van der Waals surface area contributed by atoms with Crippen LogP contribution in [0.1, 0.15) is 32.0 Å². The summed E-state index contributed by atoms with van der Waals surface area (Å²) in [4.78, 5) is 25.8. The van der Waals surface area contributed by atoms with Crippen molar-refractivity contribution < 1.29 is 27.9 Å². The summed E-state index contributed by atoms with van der Waals surface area (Å²) in [6, 6.07) is 21.1. The van der Waals surface area contributed by atoms with Crippen molar-refractivity contribution in [3.05, 3.63) is 101 Å². The standard InChI is InChI=1S/C25H14F3NO3/c26-25(27,28)23-21(24(31)32)20(19-13-12-15-7-2-4-11-18(15)29(19)23)22(30)17-10-5-8-14-6-1-3-9-16(14)17/h1-13H,(H,31,32). The molecule has 1 N–H and O–H groups in total. The number of fused-ring (bicyclic) bond motifs is 4. The third kappa shape index (κ3) is 2.85. The molecule has 2 heterocycles. The fourth-order valence-electron chi connectivity index (χ4n) is 4.26. The van der Waals surface area contributed by atoms with Gasteiger partial charge in [-0.2, -0.15) is 13.2 Å². The van der Waals surface area contributed by atoms with Gasteiger partial charge in [0.1, 0.15) is 11.3 Å². The topological polar surface area (TPSA) is 58.8 Å². The zero-order chi connectivity index (χ0) is 22.6. The molecule has 0 bridgehead atoms. The van der Waals surface area contributed by atoms with Gasteiger partial charge in [0, 0.05) is 5.56 Å². The van der Waals surface area contributed by atoms with E-state index in [4.69, 9.17) is 0 Å². The molecule has 5 rings (SSSR count). The Bertz CT molecular complexity index is 1560. The normalized spacial score (nSPS) is 12.0. The number of aromatic nitrogens is 1. The molecule has 158 valence electrons. The summed E-state index contributed by atoms with van der Waals surface area (Å²) in [5.41, 5.74) is -2.71. The Labute approximate surface area is 179 Å². The molecule has 0 radical (unpaired) electrons. The number of pyridine rings is 1. The van der Waals surface area contributed by atoms with Crippen LogP contribution in [0, 0.1) is 0 Å². The van der Waals surface area contributed by atoms with Gasteiger partial charge in [0.25, 0.3) is 0 Å². The minimum atomic E-state index is -5.00. The van der Waals surface area contributed by atoms with Crippen LogP contribution in [-0.2, 0) is 6.18 Å². The quantitative estimate of drug-likeness (QED) is 0.345. The molecule has 0 aliphatic rings. The molecule has 0 aliphatic heterocycles. The van der Waals surface area contributed by atoms with E-state index in [-0.39, 0.29) is 16.6 Å². The van der Waals surface area contributed by atoms with Crippen LogP contribution < -0.4 is 0 Å². The number of carbonyl (C=O) groups is 2. The molecule has 7 heteroatoms. The summed E-state index contributed by atoms with van der Waals surface area (Å²) in [7, 11) is 0. The predicted molar refractivity (Wildman–Crippen MR) is 114 cm³/mol. The Morgan fingerprint density at radius 3 is 2.09 bits per heavy atom. The minimum absolute atomic E-state index is 0.105. The fraction of sp³-hybridized carbons (Fsp3) is 0.0400. The highest BCUT2D eigenvalue weighted by Crippen LogP contribution is 2.40. The molecule has 0 atom stereocenters. The largest absolute Gasteiger partial charge is 0.478 e. The summed E-state index contributed by atoms with van der Waals surface area (Å²) in [6.45, 7) is 0. The number of ketones is 1. The molecule has 0 spiro atoms. The first kappa shape index (κ1) is 19.8. The van der Waals surface area contributed by atoms with E-state index in [2.05, 4.69) is 0 Å². The molecule has 32 heavy (non-hydrogen) atoms. The van der Waals surface area contributed by atoms with Crippen LogP contribution in [0.15, 0.2) is 78.9 Å². The Hall–Kier alpha value is -4.13. The van der Waals surface area contributed by atoms with Crippen LogP contribution in [0.5, 0.6) is 0 Å². The van der Waals surface area contributed by atoms with Crippen LogP contribution in [-0.4, -0.2) is 21.3 Å². The van der Waals surface area contributed by atoms with Gasteiger partial charge in [-0.1, -0.05) is 66.7 Å². The first-order valence-corrected chi connectivity index (χ1v) is 9.68. The highest BCUT2D eigenvalue weighted by atomic mass is 19.4. The van der Waals surface area contributed by atoms with E-state index in [1.807, 2.05) is 0 Å². The maximum Gasteiger partial charge on any atom is 0.432 e. The summed E-state index contributed by atoms with van der Waals surface area (Å²) < 4.78 is 43.4. The zero-order valence-electron chi connectivity index (χ0n) is 16.4.